The lowest BCUT2D eigenvalue weighted by molar-refractivity contribution is -0.136. The number of fused-ring (bicyclic) bond motifs is 1. The van der Waals surface area contributed by atoms with E-state index in [1.54, 1.807) is 4.90 Å². The third-order valence-electron chi connectivity index (χ3n) is 3.75. The fourth-order valence-electron chi connectivity index (χ4n) is 2.68. The molecule has 0 aliphatic carbocycles. The van der Waals surface area contributed by atoms with Crippen molar-refractivity contribution < 1.29 is 14.4 Å². The molecule has 1 unspecified atom stereocenters. The SMILES string of the molecule is O=C1CCC(N2Cc3ccc(CBr)cc3C2=O)C(=O)N1. The highest BCUT2D eigenvalue weighted by atomic mass is 79.9. The molecule has 0 bridgehead atoms. The molecular formula is C14H13BrN2O3. The molecule has 20 heavy (non-hydrogen) atoms. The molecule has 0 spiro atoms. The van der Waals surface area contributed by atoms with E-state index in [1.807, 2.05) is 18.2 Å². The number of hydrogen-bond acceptors (Lipinski definition) is 3. The van der Waals surface area contributed by atoms with Gasteiger partial charge in [0.2, 0.25) is 11.8 Å². The molecule has 2 aliphatic heterocycles. The van der Waals surface area contributed by atoms with Crippen LogP contribution in [0.15, 0.2) is 18.2 Å². The molecule has 3 amide bonds. The van der Waals surface area contributed by atoms with E-state index < -0.39 is 6.04 Å². The Morgan fingerprint density at radius 2 is 2.10 bits per heavy atom. The minimum atomic E-state index is -0.542. The predicted molar refractivity (Wildman–Crippen MR) is 75.1 cm³/mol. The van der Waals surface area contributed by atoms with E-state index in [1.165, 1.54) is 0 Å². The Hall–Kier alpha value is -1.69. The second-order valence-corrected chi connectivity index (χ2v) is 5.59. The van der Waals surface area contributed by atoms with Gasteiger partial charge in [-0.25, -0.2) is 0 Å². The second kappa shape index (κ2) is 5.01. The number of carbonyl (C=O) groups is 3. The highest BCUT2D eigenvalue weighted by Gasteiger charge is 2.38. The van der Waals surface area contributed by atoms with Gasteiger partial charge in [-0.3, -0.25) is 19.7 Å². The molecule has 6 heteroatoms. The fourth-order valence-corrected chi connectivity index (χ4v) is 3.03. The minimum absolute atomic E-state index is 0.128. The lowest BCUT2D eigenvalue weighted by atomic mass is 10.0. The number of carbonyl (C=O) groups excluding carboxylic acids is 3. The molecule has 2 aliphatic rings. The summed E-state index contributed by atoms with van der Waals surface area (Å²) in [7, 11) is 0. The first-order chi connectivity index (χ1) is 9.60. The van der Waals surface area contributed by atoms with E-state index >= 15 is 0 Å². The Labute approximate surface area is 124 Å². The molecule has 2 heterocycles. The highest BCUT2D eigenvalue weighted by molar-refractivity contribution is 9.08. The molecule has 1 aromatic rings. The molecule has 3 rings (SSSR count). The van der Waals surface area contributed by atoms with Gasteiger partial charge in [-0.2, -0.15) is 0 Å². The van der Waals surface area contributed by atoms with E-state index in [9.17, 15) is 14.4 Å². The van der Waals surface area contributed by atoms with Crippen LogP contribution in [-0.2, 0) is 21.5 Å². The van der Waals surface area contributed by atoms with Crippen molar-refractivity contribution in [3.8, 4) is 0 Å². The zero-order valence-electron chi connectivity index (χ0n) is 10.7. The van der Waals surface area contributed by atoms with Crippen molar-refractivity contribution in [3.05, 3.63) is 34.9 Å². The van der Waals surface area contributed by atoms with E-state index in [4.69, 9.17) is 0 Å². The fraction of sp³-hybridized carbons (Fsp3) is 0.357. The van der Waals surface area contributed by atoms with Crippen molar-refractivity contribution in [2.45, 2.75) is 30.8 Å². The summed E-state index contributed by atoms with van der Waals surface area (Å²) in [6, 6.07) is 5.21. The summed E-state index contributed by atoms with van der Waals surface area (Å²) in [4.78, 5) is 37.1. The number of nitrogens with zero attached hydrogens (tertiary/aromatic N) is 1. The molecule has 1 atom stereocenters. The van der Waals surface area contributed by atoms with Crippen LogP contribution < -0.4 is 5.32 Å². The van der Waals surface area contributed by atoms with Crippen molar-refractivity contribution in [1.29, 1.82) is 0 Å². The van der Waals surface area contributed by atoms with Gasteiger partial charge in [0.25, 0.3) is 5.91 Å². The molecule has 1 aromatic carbocycles. The average Bonchev–Trinajstić information content (AvgIpc) is 2.76. The van der Waals surface area contributed by atoms with Crippen LogP contribution in [0.4, 0.5) is 0 Å². The van der Waals surface area contributed by atoms with Gasteiger partial charge in [-0.1, -0.05) is 28.1 Å². The van der Waals surface area contributed by atoms with Gasteiger partial charge in [0.05, 0.1) is 0 Å². The smallest absolute Gasteiger partial charge is 0.255 e. The number of halogens is 1. The molecule has 1 fully saturated rings. The summed E-state index contributed by atoms with van der Waals surface area (Å²) >= 11 is 3.37. The normalized spacial score (nSPS) is 21.9. The lowest BCUT2D eigenvalue weighted by Crippen LogP contribution is -2.52. The maximum Gasteiger partial charge on any atom is 0.255 e. The number of alkyl halides is 1. The summed E-state index contributed by atoms with van der Waals surface area (Å²) in [6.45, 7) is 0.434. The predicted octanol–water partition coefficient (Wildman–Crippen LogP) is 1.34. The van der Waals surface area contributed by atoms with Crippen LogP contribution in [0.5, 0.6) is 0 Å². The van der Waals surface area contributed by atoms with Crippen molar-refractivity contribution in [3.63, 3.8) is 0 Å². The number of benzene rings is 1. The first-order valence-electron chi connectivity index (χ1n) is 6.42. The highest BCUT2D eigenvalue weighted by Crippen LogP contribution is 2.28. The van der Waals surface area contributed by atoms with Crippen LogP contribution in [0.25, 0.3) is 0 Å². The Balaban J connectivity index is 1.86. The first kappa shape index (κ1) is 13.3. The van der Waals surface area contributed by atoms with Gasteiger partial charge in [0.15, 0.2) is 0 Å². The van der Waals surface area contributed by atoms with Gasteiger partial charge in [-0.05, 0) is 23.6 Å². The Kier molecular flexibility index (Phi) is 3.33. The van der Waals surface area contributed by atoms with Crippen LogP contribution in [0.3, 0.4) is 0 Å². The van der Waals surface area contributed by atoms with Crippen molar-refractivity contribution in [2.24, 2.45) is 0 Å². The number of hydrogen-bond donors (Lipinski definition) is 1. The van der Waals surface area contributed by atoms with Gasteiger partial charge >= 0.3 is 0 Å². The average molecular weight is 337 g/mol. The zero-order valence-corrected chi connectivity index (χ0v) is 12.3. The van der Waals surface area contributed by atoms with E-state index in [2.05, 4.69) is 21.2 Å². The Morgan fingerprint density at radius 3 is 2.80 bits per heavy atom. The molecule has 5 nitrogen and oxygen atoms in total. The first-order valence-corrected chi connectivity index (χ1v) is 7.54. The van der Waals surface area contributed by atoms with E-state index in [-0.39, 0.29) is 24.1 Å². The number of piperidine rings is 1. The quantitative estimate of drug-likeness (QED) is 0.654. The summed E-state index contributed by atoms with van der Waals surface area (Å²) < 4.78 is 0. The van der Waals surface area contributed by atoms with E-state index in [0.717, 1.165) is 11.1 Å². The van der Waals surface area contributed by atoms with Crippen molar-refractivity contribution in [1.82, 2.24) is 10.2 Å². The molecule has 0 aromatic heterocycles. The summed E-state index contributed by atoms with van der Waals surface area (Å²) in [5.41, 5.74) is 2.62. The van der Waals surface area contributed by atoms with Crippen LogP contribution in [0, 0.1) is 0 Å². The summed E-state index contributed by atoms with van der Waals surface area (Å²) in [5, 5.41) is 2.98. The Bertz CT molecular complexity index is 614. The van der Waals surface area contributed by atoms with Gasteiger partial charge < -0.3 is 4.90 Å². The number of amides is 3. The summed E-state index contributed by atoms with van der Waals surface area (Å²) in [6.07, 6.45) is 0.679. The van der Waals surface area contributed by atoms with Crippen molar-refractivity contribution >= 4 is 33.7 Å². The zero-order chi connectivity index (χ0) is 14.3. The molecule has 1 saturated heterocycles. The van der Waals surface area contributed by atoms with Crippen LogP contribution in [-0.4, -0.2) is 28.7 Å². The van der Waals surface area contributed by atoms with Gasteiger partial charge in [-0.15, -0.1) is 0 Å². The topological polar surface area (TPSA) is 66.5 Å². The molecule has 1 N–H and O–H groups in total. The van der Waals surface area contributed by atoms with Crippen molar-refractivity contribution in [2.75, 3.05) is 0 Å². The van der Waals surface area contributed by atoms with E-state index in [0.29, 0.717) is 23.9 Å². The number of imide groups is 1. The van der Waals surface area contributed by atoms with Crippen LogP contribution in [0.1, 0.15) is 34.3 Å². The monoisotopic (exact) mass is 336 g/mol. The molecule has 0 radical (unpaired) electrons. The maximum atomic E-state index is 12.4. The van der Waals surface area contributed by atoms with Crippen LogP contribution >= 0.6 is 15.9 Å². The molecule has 0 saturated carbocycles. The van der Waals surface area contributed by atoms with Gasteiger partial charge in [0, 0.05) is 23.9 Å². The molecule has 104 valence electrons. The minimum Gasteiger partial charge on any atom is -0.322 e. The standard InChI is InChI=1S/C14H13BrN2O3/c15-6-8-1-2-9-7-17(14(20)10(9)5-8)11-3-4-12(18)16-13(11)19/h1-2,5,11H,3-4,6-7H2,(H,16,18,19). The van der Waals surface area contributed by atoms with Crippen LogP contribution in [0.2, 0.25) is 0 Å². The third-order valence-corrected chi connectivity index (χ3v) is 4.39. The number of rotatable bonds is 2. The second-order valence-electron chi connectivity index (χ2n) is 5.03. The number of nitrogens with one attached hydrogen (secondary N) is 1. The third kappa shape index (κ3) is 2.14. The lowest BCUT2D eigenvalue weighted by Gasteiger charge is -2.29. The molecular weight excluding hydrogens is 324 g/mol. The maximum absolute atomic E-state index is 12.4. The largest absolute Gasteiger partial charge is 0.322 e. The van der Waals surface area contributed by atoms with Gasteiger partial charge in [0.1, 0.15) is 6.04 Å². The Morgan fingerprint density at radius 1 is 1.30 bits per heavy atom. The summed E-state index contributed by atoms with van der Waals surface area (Å²) in [5.74, 6) is -0.766.